The Morgan fingerprint density at radius 2 is 1.42 bits per heavy atom. The summed E-state index contributed by atoms with van der Waals surface area (Å²) >= 11 is 0. The van der Waals surface area contributed by atoms with E-state index in [-0.39, 0.29) is 5.91 Å². The zero-order valence-electron chi connectivity index (χ0n) is 11.9. The lowest BCUT2D eigenvalue weighted by Gasteiger charge is -2.19. The molecule has 7 nitrogen and oxygen atoms in total. The number of nitrogens with one attached hydrogen (secondary N) is 2. The Kier molecular flexibility index (Phi) is 7.06. The van der Waals surface area contributed by atoms with E-state index in [0.29, 0.717) is 12.3 Å². The highest BCUT2D eigenvalue weighted by atomic mass is 16.2. The lowest BCUT2D eigenvalue weighted by atomic mass is 10.0. The molecule has 0 unspecified atom stereocenters. The summed E-state index contributed by atoms with van der Waals surface area (Å²) in [5, 5.41) is 4.90. The van der Waals surface area contributed by atoms with Gasteiger partial charge in [-0.25, -0.2) is 0 Å². The van der Waals surface area contributed by atoms with E-state index in [2.05, 4.69) is 10.6 Å². The minimum absolute atomic E-state index is 0.291. The van der Waals surface area contributed by atoms with Crippen molar-refractivity contribution in [3.8, 4) is 0 Å². The van der Waals surface area contributed by atoms with Gasteiger partial charge in [-0.15, -0.1) is 0 Å². The molecule has 0 spiro atoms. The maximum atomic E-state index is 11.7. The van der Waals surface area contributed by atoms with Crippen LogP contribution in [-0.4, -0.2) is 35.8 Å². The Balaban J connectivity index is 4.29. The highest BCUT2D eigenvalue weighted by molar-refractivity contribution is 5.92. The molecule has 7 heteroatoms. The summed E-state index contributed by atoms with van der Waals surface area (Å²) < 4.78 is 0. The predicted octanol–water partition coefficient (Wildman–Crippen LogP) is -1.15. The van der Waals surface area contributed by atoms with E-state index in [1.54, 1.807) is 0 Å². The topological polar surface area (TPSA) is 127 Å². The van der Waals surface area contributed by atoms with Crippen molar-refractivity contribution < 1.29 is 14.4 Å². The summed E-state index contributed by atoms with van der Waals surface area (Å²) in [6, 6.07) is -2.20. The van der Waals surface area contributed by atoms with Crippen LogP contribution in [0.4, 0.5) is 0 Å². The van der Waals surface area contributed by atoms with E-state index >= 15 is 0 Å². The van der Waals surface area contributed by atoms with Gasteiger partial charge in [0.15, 0.2) is 0 Å². The van der Waals surface area contributed by atoms with Crippen molar-refractivity contribution in [2.24, 2.45) is 17.4 Å². The Morgan fingerprint density at radius 1 is 0.947 bits per heavy atom. The molecule has 0 aliphatic heterocycles. The lowest BCUT2D eigenvalue weighted by Crippen LogP contribution is -2.53. The molecule has 0 saturated carbocycles. The number of nitrogens with two attached hydrogens (primary N) is 2. The van der Waals surface area contributed by atoms with Crippen molar-refractivity contribution in [2.45, 2.75) is 52.2 Å². The first-order chi connectivity index (χ1) is 8.65. The first kappa shape index (κ1) is 17.4. The molecule has 110 valence electrons. The van der Waals surface area contributed by atoms with Gasteiger partial charge < -0.3 is 22.1 Å². The van der Waals surface area contributed by atoms with E-state index in [9.17, 15) is 14.4 Å². The molecule has 0 bridgehead atoms. The van der Waals surface area contributed by atoms with Crippen LogP contribution in [-0.2, 0) is 14.4 Å². The Morgan fingerprint density at radius 3 is 1.84 bits per heavy atom. The van der Waals surface area contributed by atoms with Crippen molar-refractivity contribution in [3.05, 3.63) is 0 Å². The second-order valence-corrected chi connectivity index (χ2v) is 5.10. The van der Waals surface area contributed by atoms with Gasteiger partial charge in [-0.1, -0.05) is 13.8 Å². The highest BCUT2D eigenvalue weighted by Gasteiger charge is 2.22. The van der Waals surface area contributed by atoms with Gasteiger partial charge in [0.05, 0.1) is 6.04 Å². The third kappa shape index (κ3) is 6.76. The molecule has 0 radical (unpaired) electrons. The van der Waals surface area contributed by atoms with E-state index in [4.69, 9.17) is 11.5 Å². The van der Waals surface area contributed by atoms with Gasteiger partial charge in [0.1, 0.15) is 12.1 Å². The van der Waals surface area contributed by atoms with Crippen LogP contribution in [0, 0.1) is 5.92 Å². The van der Waals surface area contributed by atoms with Crippen molar-refractivity contribution in [2.75, 3.05) is 0 Å². The minimum Gasteiger partial charge on any atom is -0.368 e. The van der Waals surface area contributed by atoms with Gasteiger partial charge in [0.2, 0.25) is 17.7 Å². The van der Waals surface area contributed by atoms with Crippen LogP contribution in [0.25, 0.3) is 0 Å². The van der Waals surface area contributed by atoms with Crippen LogP contribution in [0.2, 0.25) is 0 Å². The summed E-state index contributed by atoms with van der Waals surface area (Å²) in [7, 11) is 0. The highest BCUT2D eigenvalue weighted by Crippen LogP contribution is 2.02. The van der Waals surface area contributed by atoms with Crippen molar-refractivity contribution in [3.63, 3.8) is 0 Å². The molecule has 0 fully saturated rings. The van der Waals surface area contributed by atoms with Crippen molar-refractivity contribution in [1.82, 2.24) is 10.6 Å². The third-order valence-electron chi connectivity index (χ3n) is 2.60. The summed E-state index contributed by atoms with van der Waals surface area (Å²) in [6.07, 6.45) is 0.540. The molecule has 3 atom stereocenters. The number of amides is 3. The number of primary amides is 1. The van der Waals surface area contributed by atoms with Gasteiger partial charge >= 0.3 is 0 Å². The van der Waals surface area contributed by atoms with Crippen LogP contribution in [0.5, 0.6) is 0 Å². The van der Waals surface area contributed by atoms with Gasteiger partial charge in [-0.05, 0) is 26.2 Å². The van der Waals surface area contributed by atoms with Crippen LogP contribution in [0.3, 0.4) is 0 Å². The quantitative estimate of drug-likeness (QED) is 0.467. The number of rotatable bonds is 7. The molecule has 0 aliphatic carbocycles. The van der Waals surface area contributed by atoms with Crippen LogP contribution in [0.15, 0.2) is 0 Å². The Hall–Kier alpha value is -1.63. The van der Waals surface area contributed by atoms with Crippen LogP contribution >= 0.6 is 0 Å². The largest absolute Gasteiger partial charge is 0.368 e. The molecule has 0 aromatic heterocycles. The number of hydrogen-bond acceptors (Lipinski definition) is 4. The van der Waals surface area contributed by atoms with Gasteiger partial charge in [-0.3, -0.25) is 14.4 Å². The normalized spacial score (nSPS) is 15.5. The summed E-state index contributed by atoms with van der Waals surface area (Å²) in [5.41, 5.74) is 10.7. The van der Waals surface area contributed by atoms with Gasteiger partial charge in [0.25, 0.3) is 0 Å². The average Bonchev–Trinajstić information content (AvgIpc) is 2.27. The molecule has 19 heavy (non-hydrogen) atoms. The van der Waals surface area contributed by atoms with E-state index < -0.39 is 29.9 Å². The Bertz CT molecular complexity index is 344. The third-order valence-corrected chi connectivity index (χ3v) is 2.60. The average molecular weight is 272 g/mol. The maximum absolute atomic E-state index is 11.7. The second kappa shape index (κ2) is 7.73. The monoisotopic (exact) mass is 272 g/mol. The zero-order chi connectivity index (χ0) is 15.2. The van der Waals surface area contributed by atoms with E-state index in [1.165, 1.54) is 13.8 Å². The van der Waals surface area contributed by atoms with Crippen LogP contribution < -0.4 is 22.1 Å². The standard InChI is InChI=1S/C12H24N4O3/c1-6(2)5-9(13)12(19)16-8(4)11(18)15-7(3)10(14)17/h6-9H,5,13H2,1-4H3,(H2,14,17)(H,15,18)(H,16,19)/t7-,8-,9-/m0/s1. The molecule has 3 amide bonds. The maximum Gasteiger partial charge on any atom is 0.242 e. The second-order valence-electron chi connectivity index (χ2n) is 5.10. The van der Waals surface area contributed by atoms with Gasteiger partial charge in [0, 0.05) is 0 Å². The summed E-state index contributed by atoms with van der Waals surface area (Å²) in [4.78, 5) is 34.2. The fourth-order valence-corrected chi connectivity index (χ4v) is 1.41. The molecular formula is C12H24N4O3. The molecule has 0 aromatic carbocycles. The number of carbonyl (C=O) groups excluding carboxylic acids is 3. The number of carbonyl (C=O) groups is 3. The van der Waals surface area contributed by atoms with E-state index in [0.717, 1.165) is 0 Å². The van der Waals surface area contributed by atoms with Crippen molar-refractivity contribution >= 4 is 17.7 Å². The zero-order valence-corrected chi connectivity index (χ0v) is 11.9. The minimum atomic E-state index is -0.781. The van der Waals surface area contributed by atoms with Gasteiger partial charge in [-0.2, -0.15) is 0 Å². The smallest absolute Gasteiger partial charge is 0.242 e. The molecule has 0 saturated heterocycles. The molecule has 0 aliphatic rings. The SMILES string of the molecule is CC(C)C[C@H](N)C(=O)N[C@@H](C)C(=O)N[C@@H](C)C(N)=O. The molecule has 0 heterocycles. The lowest BCUT2D eigenvalue weighted by molar-refractivity contribution is -0.131. The summed E-state index contributed by atoms with van der Waals surface area (Å²) in [5.74, 6) is -1.21. The fourth-order valence-electron chi connectivity index (χ4n) is 1.41. The number of hydrogen-bond donors (Lipinski definition) is 4. The first-order valence-corrected chi connectivity index (χ1v) is 6.30. The van der Waals surface area contributed by atoms with Crippen molar-refractivity contribution in [1.29, 1.82) is 0 Å². The molecule has 0 rings (SSSR count). The molecule has 6 N–H and O–H groups in total. The van der Waals surface area contributed by atoms with Crippen LogP contribution in [0.1, 0.15) is 34.1 Å². The molecule has 0 aromatic rings. The molecular weight excluding hydrogens is 248 g/mol. The first-order valence-electron chi connectivity index (χ1n) is 6.30. The van der Waals surface area contributed by atoms with E-state index in [1.807, 2.05) is 13.8 Å². The fraction of sp³-hybridized carbons (Fsp3) is 0.750. The summed E-state index contributed by atoms with van der Waals surface area (Å²) in [6.45, 7) is 6.90. The predicted molar refractivity (Wildman–Crippen MR) is 71.8 cm³/mol. The Labute approximate surface area is 113 Å².